The van der Waals surface area contributed by atoms with Gasteiger partial charge in [0.15, 0.2) is 12.6 Å². The van der Waals surface area contributed by atoms with Crippen molar-refractivity contribution in [2.75, 3.05) is 6.61 Å². The third-order valence-electron chi connectivity index (χ3n) is 3.92. The summed E-state index contributed by atoms with van der Waals surface area (Å²) in [4.78, 5) is 0. The van der Waals surface area contributed by atoms with Gasteiger partial charge in [0.2, 0.25) is 0 Å². The van der Waals surface area contributed by atoms with E-state index in [2.05, 4.69) is 0 Å². The first kappa shape index (κ1) is 17.9. The summed E-state index contributed by atoms with van der Waals surface area (Å²) in [5.74, 6) is 0. The molecule has 10 heteroatoms. The normalized spacial score (nSPS) is 53.5. The lowest BCUT2D eigenvalue weighted by Crippen LogP contribution is -2.60. The largest absolute Gasteiger partial charge is 0.388 e. The molecule has 0 aliphatic carbocycles. The van der Waals surface area contributed by atoms with E-state index in [1.807, 2.05) is 0 Å². The number of hydrogen-bond acceptors (Lipinski definition) is 10. The molecule has 0 radical (unpaired) electrons. The van der Waals surface area contributed by atoms with Crippen LogP contribution in [0.25, 0.3) is 0 Å². The summed E-state index contributed by atoms with van der Waals surface area (Å²) in [6.07, 6.45) is -14.0. The lowest BCUT2D eigenvalue weighted by molar-refractivity contribution is -0.322. The van der Waals surface area contributed by atoms with Crippen molar-refractivity contribution in [3.8, 4) is 0 Å². The molecular formula is C12H22O10. The van der Waals surface area contributed by atoms with Crippen molar-refractivity contribution in [2.45, 2.75) is 68.3 Å². The molecule has 2 fully saturated rings. The molecule has 7 N–H and O–H groups in total. The molecule has 10 nitrogen and oxygen atoms in total. The molecule has 0 spiro atoms. The minimum absolute atomic E-state index is 0.390. The second-order valence-corrected chi connectivity index (χ2v) is 5.55. The van der Waals surface area contributed by atoms with Crippen LogP contribution in [0.1, 0.15) is 6.92 Å². The highest BCUT2D eigenvalue weighted by atomic mass is 16.7. The van der Waals surface area contributed by atoms with Crippen LogP contribution in [-0.2, 0) is 14.2 Å². The minimum Gasteiger partial charge on any atom is -0.388 e. The van der Waals surface area contributed by atoms with Gasteiger partial charge in [0, 0.05) is 0 Å². The van der Waals surface area contributed by atoms with Gasteiger partial charge in [-0.1, -0.05) is 0 Å². The van der Waals surface area contributed by atoms with Crippen LogP contribution >= 0.6 is 0 Å². The van der Waals surface area contributed by atoms with E-state index >= 15 is 0 Å². The Kier molecular flexibility index (Phi) is 5.72. The van der Waals surface area contributed by atoms with Crippen molar-refractivity contribution >= 4 is 0 Å². The fourth-order valence-electron chi connectivity index (χ4n) is 2.41. The maximum atomic E-state index is 9.76. The minimum atomic E-state index is -1.70. The van der Waals surface area contributed by atoms with Gasteiger partial charge in [-0.15, -0.1) is 0 Å². The fourth-order valence-corrected chi connectivity index (χ4v) is 2.41. The molecule has 2 rings (SSSR count). The first-order chi connectivity index (χ1) is 10.2. The van der Waals surface area contributed by atoms with Crippen LogP contribution in [0.4, 0.5) is 0 Å². The number of aliphatic hydroxyl groups excluding tert-OH is 7. The first-order valence-corrected chi connectivity index (χ1v) is 6.93. The van der Waals surface area contributed by atoms with Gasteiger partial charge in [0.1, 0.15) is 42.7 Å². The zero-order valence-electron chi connectivity index (χ0n) is 11.8. The quantitative estimate of drug-likeness (QED) is 0.269. The molecule has 0 aromatic heterocycles. The second kappa shape index (κ2) is 7.01. The maximum absolute atomic E-state index is 9.76. The molecule has 10 atom stereocenters. The average molecular weight is 326 g/mol. The Morgan fingerprint density at radius 3 is 1.95 bits per heavy atom. The highest BCUT2D eigenvalue weighted by Gasteiger charge is 2.45. The molecular weight excluding hydrogens is 304 g/mol. The fraction of sp³-hybridized carbons (Fsp3) is 1.00. The van der Waals surface area contributed by atoms with E-state index in [0.717, 1.165) is 0 Å². The standard InChI is InChI=1S/C12H22O10/c1-3-5(13)7(15)10(18)12(21-3)20-2-4-6(14)8(16)9(17)11(19)22-4/h3-19H,2H2,1H3/t3-,4+,5-,6+,7+,8-,9+,10-,11+,12-/m0/s1. The lowest BCUT2D eigenvalue weighted by atomic mass is 9.99. The summed E-state index contributed by atoms with van der Waals surface area (Å²) in [6, 6.07) is 0. The van der Waals surface area contributed by atoms with Gasteiger partial charge >= 0.3 is 0 Å². The lowest BCUT2D eigenvalue weighted by Gasteiger charge is -2.41. The smallest absolute Gasteiger partial charge is 0.186 e. The van der Waals surface area contributed by atoms with Crippen LogP contribution in [0.3, 0.4) is 0 Å². The first-order valence-electron chi connectivity index (χ1n) is 6.93. The van der Waals surface area contributed by atoms with Crippen molar-refractivity contribution in [1.82, 2.24) is 0 Å². The molecule has 0 bridgehead atoms. The van der Waals surface area contributed by atoms with Crippen molar-refractivity contribution in [2.24, 2.45) is 0 Å². The van der Waals surface area contributed by atoms with Crippen LogP contribution < -0.4 is 0 Å². The Labute approximate surface area is 126 Å². The molecule has 0 aromatic rings. The van der Waals surface area contributed by atoms with Crippen LogP contribution in [0.5, 0.6) is 0 Å². The molecule has 2 saturated heterocycles. The van der Waals surface area contributed by atoms with E-state index in [4.69, 9.17) is 14.2 Å². The van der Waals surface area contributed by atoms with E-state index in [-0.39, 0.29) is 6.61 Å². The highest BCUT2D eigenvalue weighted by molar-refractivity contribution is 4.90. The molecule has 2 heterocycles. The number of aliphatic hydroxyl groups is 7. The van der Waals surface area contributed by atoms with Crippen LogP contribution in [0.2, 0.25) is 0 Å². The van der Waals surface area contributed by atoms with Crippen molar-refractivity contribution in [1.29, 1.82) is 0 Å². The van der Waals surface area contributed by atoms with Gasteiger partial charge in [0.05, 0.1) is 12.7 Å². The number of ether oxygens (including phenoxy) is 3. The molecule has 0 unspecified atom stereocenters. The average Bonchev–Trinajstić information content (AvgIpc) is 2.49. The third-order valence-corrected chi connectivity index (χ3v) is 3.92. The molecule has 2 aliphatic rings. The molecule has 130 valence electrons. The molecule has 0 saturated carbocycles. The third kappa shape index (κ3) is 3.41. The predicted molar refractivity (Wildman–Crippen MR) is 67.2 cm³/mol. The van der Waals surface area contributed by atoms with Crippen molar-refractivity contribution in [3.05, 3.63) is 0 Å². The van der Waals surface area contributed by atoms with E-state index in [9.17, 15) is 35.7 Å². The Morgan fingerprint density at radius 1 is 0.727 bits per heavy atom. The number of rotatable bonds is 3. The van der Waals surface area contributed by atoms with E-state index in [1.165, 1.54) is 6.92 Å². The van der Waals surface area contributed by atoms with Crippen molar-refractivity contribution < 1.29 is 50.0 Å². The maximum Gasteiger partial charge on any atom is 0.186 e. The summed E-state index contributed by atoms with van der Waals surface area (Å²) < 4.78 is 15.3. The van der Waals surface area contributed by atoms with Crippen LogP contribution in [0.15, 0.2) is 0 Å². The Morgan fingerprint density at radius 2 is 1.32 bits per heavy atom. The molecule has 2 aliphatic heterocycles. The van der Waals surface area contributed by atoms with Gasteiger partial charge in [0.25, 0.3) is 0 Å². The predicted octanol–water partition coefficient (Wildman–Crippen LogP) is -4.37. The van der Waals surface area contributed by atoms with E-state index in [0.29, 0.717) is 0 Å². The van der Waals surface area contributed by atoms with Gasteiger partial charge < -0.3 is 50.0 Å². The zero-order chi connectivity index (χ0) is 16.6. The van der Waals surface area contributed by atoms with Crippen LogP contribution in [-0.4, -0.2) is 104 Å². The van der Waals surface area contributed by atoms with Crippen molar-refractivity contribution in [3.63, 3.8) is 0 Å². The molecule has 22 heavy (non-hydrogen) atoms. The number of hydrogen-bond donors (Lipinski definition) is 7. The summed E-state index contributed by atoms with van der Waals surface area (Å²) >= 11 is 0. The van der Waals surface area contributed by atoms with Gasteiger partial charge in [-0.05, 0) is 6.92 Å². The topological polar surface area (TPSA) is 169 Å². The van der Waals surface area contributed by atoms with Gasteiger partial charge in [-0.3, -0.25) is 0 Å². The van der Waals surface area contributed by atoms with Gasteiger partial charge in [-0.2, -0.15) is 0 Å². The molecule has 0 aromatic carbocycles. The summed E-state index contributed by atoms with van der Waals surface area (Å²) in [7, 11) is 0. The summed E-state index contributed by atoms with van der Waals surface area (Å²) in [5, 5.41) is 67.0. The zero-order valence-corrected chi connectivity index (χ0v) is 11.8. The van der Waals surface area contributed by atoms with E-state index < -0.39 is 61.4 Å². The summed E-state index contributed by atoms with van der Waals surface area (Å²) in [6.45, 7) is 1.09. The van der Waals surface area contributed by atoms with E-state index in [1.54, 1.807) is 0 Å². The SMILES string of the molecule is C[C@@H]1O[C@H](OC[C@H]2O[C@@H](O)[C@H](O)[C@@H](O)[C@@H]2O)[C@@H](O)[C@H](O)[C@H]1O. The highest BCUT2D eigenvalue weighted by Crippen LogP contribution is 2.24. The summed E-state index contributed by atoms with van der Waals surface area (Å²) in [5.41, 5.74) is 0. The Bertz CT molecular complexity index is 334. The van der Waals surface area contributed by atoms with Crippen LogP contribution in [0, 0.1) is 0 Å². The Hall–Kier alpha value is -0.400. The van der Waals surface area contributed by atoms with Gasteiger partial charge in [-0.25, -0.2) is 0 Å². The monoisotopic (exact) mass is 326 g/mol. The molecule has 0 amide bonds. The Balaban J connectivity index is 1.92. The second-order valence-electron chi connectivity index (χ2n) is 5.55.